The second-order valence-electron chi connectivity index (χ2n) is 9.00. The normalized spacial score (nSPS) is 11.4. The third-order valence-electron chi connectivity index (χ3n) is 5.82. The van der Waals surface area contributed by atoms with Crippen molar-refractivity contribution in [2.24, 2.45) is 0 Å². The molecular formula is C28H34N2O4S. The highest BCUT2D eigenvalue weighted by Gasteiger charge is 2.21. The van der Waals surface area contributed by atoms with E-state index in [4.69, 9.17) is 4.74 Å². The van der Waals surface area contributed by atoms with Crippen LogP contribution >= 0.6 is 0 Å². The molecule has 6 nitrogen and oxygen atoms in total. The number of nitrogens with one attached hydrogen (secondary N) is 1. The van der Waals surface area contributed by atoms with Crippen LogP contribution in [0.25, 0.3) is 0 Å². The van der Waals surface area contributed by atoms with Crippen molar-refractivity contribution >= 4 is 21.6 Å². The molecule has 0 atom stereocenters. The fourth-order valence-electron chi connectivity index (χ4n) is 4.01. The zero-order chi connectivity index (χ0) is 25.6. The number of hydrogen-bond donors (Lipinski definition) is 1. The van der Waals surface area contributed by atoms with Gasteiger partial charge in [0.25, 0.3) is 5.91 Å². The van der Waals surface area contributed by atoms with Crippen LogP contribution < -0.4 is 14.4 Å². The van der Waals surface area contributed by atoms with Crippen molar-refractivity contribution in [2.45, 2.75) is 40.2 Å². The van der Waals surface area contributed by atoms with E-state index in [-0.39, 0.29) is 12.5 Å². The fourth-order valence-corrected chi connectivity index (χ4v) is 5.01. The molecule has 1 N–H and O–H groups in total. The van der Waals surface area contributed by atoms with Crippen LogP contribution in [0.15, 0.2) is 66.7 Å². The van der Waals surface area contributed by atoms with Gasteiger partial charge in [-0.15, -0.1) is 0 Å². The van der Waals surface area contributed by atoms with Gasteiger partial charge in [0.2, 0.25) is 10.0 Å². The van der Waals surface area contributed by atoms with Crippen LogP contribution in [0, 0.1) is 13.8 Å². The van der Waals surface area contributed by atoms with E-state index in [0.29, 0.717) is 30.3 Å². The molecule has 186 valence electrons. The lowest BCUT2D eigenvalue weighted by Crippen LogP contribution is -2.31. The fraction of sp³-hybridized carbons (Fsp3) is 0.321. The first-order valence-corrected chi connectivity index (χ1v) is 13.6. The monoisotopic (exact) mass is 494 g/mol. The molecule has 0 aliphatic carbocycles. The van der Waals surface area contributed by atoms with Gasteiger partial charge in [-0.05, 0) is 60.2 Å². The van der Waals surface area contributed by atoms with Gasteiger partial charge in [-0.25, -0.2) is 8.42 Å². The molecule has 0 fully saturated rings. The zero-order valence-corrected chi connectivity index (χ0v) is 21.9. The molecule has 0 saturated heterocycles. The summed E-state index contributed by atoms with van der Waals surface area (Å²) >= 11 is 0. The van der Waals surface area contributed by atoms with E-state index in [1.54, 1.807) is 24.3 Å². The quantitative estimate of drug-likeness (QED) is 0.393. The maximum absolute atomic E-state index is 12.6. The number of rotatable bonds is 10. The maximum atomic E-state index is 12.6. The molecule has 3 aromatic rings. The highest BCUT2D eigenvalue weighted by Crippen LogP contribution is 2.28. The van der Waals surface area contributed by atoms with Crippen LogP contribution in [-0.4, -0.2) is 33.7 Å². The molecule has 0 aliphatic rings. The van der Waals surface area contributed by atoms with E-state index in [1.165, 1.54) is 10.6 Å². The predicted octanol–water partition coefficient (Wildman–Crippen LogP) is 5.20. The largest absolute Gasteiger partial charge is 0.491 e. The van der Waals surface area contributed by atoms with Gasteiger partial charge in [-0.3, -0.25) is 9.10 Å². The molecule has 35 heavy (non-hydrogen) atoms. The zero-order valence-electron chi connectivity index (χ0n) is 21.0. The number of para-hydroxylation sites is 2. The summed E-state index contributed by atoms with van der Waals surface area (Å²) in [5.41, 5.74) is 4.92. The predicted molar refractivity (Wildman–Crippen MR) is 142 cm³/mol. The van der Waals surface area contributed by atoms with Crippen molar-refractivity contribution in [1.29, 1.82) is 0 Å². The Kier molecular flexibility index (Phi) is 8.57. The first-order chi connectivity index (χ1) is 16.6. The summed E-state index contributed by atoms with van der Waals surface area (Å²) in [5, 5.41) is 2.87. The molecule has 3 rings (SSSR count). The second-order valence-corrected chi connectivity index (χ2v) is 10.9. The minimum atomic E-state index is -3.49. The van der Waals surface area contributed by atoms with Crippen molar-refractivity contribution in [3.8, 4) is 5.75 Å². The minimum absolute atomic E-state index is 0.190. The smallest absolute Gasteiger partial charge is 0.251 e. The van der Waals surface area contributed by atoms with Gasteiger partial charge in [0.1, 0.15) is 12.4 Å². The first kappa shape index (κ1) is 26.3. The average molecular weight is 495 g/mol. The molecule has 0 saturated carbocycles. The van der Waals surface area contributed by atoms with Crippen LogP contribution in [0.5, 0.6) is 5.75 Å². The number of amides is 1. The van der Waals surface area contributed by atoms with Crippen molar-refractivity contribution in [1.82, 2.24) is 5.32 Å². The highest BCUT2D eigenvalue weighted by molar-refractivity contribution is 7.92. The summed E-state index contributed by atoms with van der Waals surface area (Å²) in [4.78, 5) is 12.6. The summed E-state index contributed by atoms with van der Waals surface area (Å²) < 4.78 is 32.4. The van der Waals surface area contributed by atoms with Crippen LogP contribution in [0.1, 0.15) is 52.4 Å². The van der Waals surface area contributed by atoms with E-state index in [2.05, 4.69) is 19.2 Å². The van der Waals surface area contributed by atoms with Gasteiger partial charge in [0.05, 0.1) is 25.0 Å². The third-order valence-corrected chi connectivity index (χ3v) is 6.93. The van der Waals surface area contributed by atoms with Gasteiger partial charge in [-0.1, -0.05) is 62.4 Å². The molecule has 0 spiro atoms. The van der Waals surface area contributed by atoms with E-state index >= 15 is 0 Å². The Morgan fingerprint density at radius 1 is 0.943 bits per heavy atom. The SMILES string of the molecule is Cc1cccc(C)c1N(Cc1ccc(C(=O)NCCOc2ccccc2C(C)C)cc1)S(C)(=O)=O. The summed E-state index contributed by atoms with van der Waals surface area (Å²) in [6.07, 6.45) is 1.21. The Labute approximate surface area is 209 Å². The van der Waals surface area contributed by atoms with Crippen LogP contribution in [0.3, 0.4) is 0 Å². The Morgan fingerprint density at radius 2 is 1.57 bits per heavy atom. The number of anilines is 1. The van der Waals surface area contributed by atoms with Gasteiger partial charge in [-0.2, -0.15) is 0 Å². The van der Waals surface area contributed by atoms with Crippen molar-refractivity contribution in [3.05, 3.63) is 94.5 Å². The van der Waals surface area contributed by atoms with E-state index in [9.17, 15) is 13.2 Å². The number of carbonyl (C=O) groups excluding carboxylic acids is 1. The molecule has 0 bridgehead atoms. The molecule has 7 heteroatoms. The third kappa shape index (κ3) is 6.85. The lowest BCUT2D eigenvalue weighted by atomic mass is 10.0. The Balaban J connectivity index is 1.61. The molecule has 0 radical (unpaired) electrons. The molecule has 0 heterocycles. The number of sulfonamides is 1. The van der Waals surface area contributed by atoms with Gasteiger partial charge in [0, 0.05) is 5.56 Å². The highest BCUT2D eigenvalue weighted by atomic mass is 32.2. The number of nitrogens with zero attached hydrogens (tertiary/aromatic N) is 1. The summed E-state index contributed by atoms with van der Waals surface area (Å²) in [6, 6.07) is 20.6. The van der Waals surface area contributed by atoms with Crippen LogP contribution in [0.2, 0.25) is 0 Å². The van der Waals surface area contributed by atoms with E-state index < -0.39 is 10.0 Å². The molecule has 0 unspecified atom stereocenters. The standard InChI is InChI=1S/C28H34N2O4S/c1-20(2)25-11-6-7-12-26(25)34-18-17-29-28(31)24-15-13-23(14-16-24)19-30(35(5,32)33)27-21(3)9-8-10-22(27)4/h6-16,20H,17-19H2,1-5H3,(H,29,31). The first-order valence-electron chi connectivity index (χ1n) is 11.7. The lowest BCUT2D eigenvalue weighted by Gasteiger charge is -2.26. The minimum Gasteiger partial charge on any atom is -0.491 e. The van der Waals surface area contributed by atoms with Crippen molar-refractivity contribution < 1.29 is 17.9 Å². The maximum Gasteiger partial charge on any atom is 0.251 e. The Bertz CT molecular complexity index is 1250. The average Bonchev–Trinajstić information content (AvgIpc) is 2.81. The van der Waals surface area contributed by atoms with E-state index in [1.807, 2.05) is 56.3 Å². The molecule has 0 aromatic heterocycles. The lowest BCUT2D eigenvalue weighted by molar-refractivity contribution is 0.0947. The molecule has 0 aliphatic heterocycles. The van der Waals surface area contributed by atoms with Gasteiger partial charge >= 0.3 is 0 Å². The number of benzene rings is 3. The Hall–Kier alpha value is -3.32. The molecule has 1 amide bonds. The van der Waals surface area contributed by atoms with Crippen LogP contribution in [-0.2, 0) is 16.6 Å². The van der Waals surface area contributed by atoms with E-state index in [0.717, 1.165) is 28.0 Å². The van der Waals surface area contributed by atoms with Crippen LogP contribution in [0.4, 0.5) is 5.69 Å². The van der Waals surface area contributed by atoms with Gasteiger partial charge < -0.3 is 10.1 Å². The molecule has 3 aromatic carbocycles. The Morgan fingerprint density at radius 3 is 2.17 bits per heavy atom. The molecular weight excluding hydrogens is 460 g/mol. The number of carbonyl (C=O) groups is 1. The number of ether oxygens (including phenoxy) is 1. The van der Waals surface area contributed by atoms with Gasteiger partial charge in [0.15, 0.2) is 0 Å². The summed E-state index contributed by atoms with van der Waals surface area (Å²) in [6.45, 7) is 8.97. The van der Waals surface area contributed by atoms with Crippen molar-refractivity contribution in [3.63, 3.8) is 0 Å². The second kappa shape index (κ2) is 11.4. The number of aryl methyl sites for hydroxylation is 2. The number of hydrogen-bond acceptors (Lipinski definition) is 4. The topological polar surface area (TPSA) is 75.7 Å². The summed E-state index contributed by atoms with van der Waals surface area (Å²) in [7, 11) is -3.49. The van der Waals surface area contributed by atoms with Crippen molar-refractivity contribution in [2.75, 3.05) is 23.7 Å². The summed E-state index contributed by atoms with van der Waals surface area (Å²) in [5.74, 6) is 0.986.